The van der Waals surface area contributed by atoms with Crippen LogP contribution in [-0.2, 0) is 5.75 Å². The van der Waals surface area contributed by atoms with Gasteiger partial charge in [-0.25, -0.2) is 0 Å². The van der Waals surface area contributed by atoms with Gasteiger partial charge in [0, 0.05) is 11.7 Å². The van der Waals surface area contributed by atoms with Crippen LogP contribution in [0.3, 0.4) is 0 Å². The lowest BCUT2D eigenvalue weighted by Crippen LogP contribution is -2.01. The largest absolute Gasteiger partial charge is 0.490 e. The fourth-order valence-corrected chi connectivity index (χ4v) is 2.70. The fourth-order valence-electron chi connectivity index (χ4n) is 1.55. The molecule has 114 valence electrons. The molecule has 0 radical (unpaired) electrons. The second-order valence-corrected chi connectivity index (χ2v) is 6.57. The summed E-state index contributed by atoms with van der Waals surface area (Å²) in [6.07, 6.45) is 0. The van der Waals surface area contributed by atoms with Crippen molar-refractivity contribution in [3.8, 4) is 5.75 Å². The van der Waals surface area contributed by atoms with Crippen LogP contribution in [0.15, 0.2) is 22.7 Å². The molecule has 0 aliphatic heterocycles. The molecule has 2 aromatic rings. The third-order valence-corrected chi connectivity index (χ3v) is 4.11. The van der Waals surface area contributed by atoms with Crippen LogP contribution >= 0.6 is 35.0 Å². The van der Waals surface area contributed by atoms with Crippen LogP contribution in [0.2, 0.25) is 10.0 Å². The topological polar surface area (TPSA) is 48.2 Å². The Kier molecular flexibility index (Phi) is 6.21. The summed E-state index contributed by atoms with van der Waals surface area (Å²) in [7, 11) is 0. The molecule has 0 spiro atoms. The van der Waals surface area contributed by atoms with Gasteiger partial charge in [-0.1, -0.05) is 48.3 Å². The number of ether oxygens (including phenoxy) is 1. The number of halogens is 2. The molecule has 0 bridgehead atoms. The number of benzene rings is 1. The van der Waals surface area contributed by atoms with Crippen molar-refractivity contribution in [3.63, 3.8) is 0 Å². The Bertz CT molecular complexity index is 570. The van der Waals surface area contributed by atoms with Crippen molar-refractivity contribution in [1.29, 1.82) is 0 Å². The maximum atomic E-state index is 6.02. The molecular weight excluding hydrogens is 331 g/mol. The summed E-state index contributed by atoms with van der Waals surface area (Å²) in [6, 6.07) is 5.29. The molecule has 0 unspecified atom stereocenters. The van der Waals surface area contributed by atoms with Crippen LogP contribution in [0.1, 0.15) is 31.5 Å². The Labute approximate surface area is 138 Å². The number of nitrogens with zero attached hydrogens (tertiary/aromatic N) is 2. The monoisotopic (exact) mass is 346 g/mol. The quantitative estimate of drug-likeness (QED) is 0.673. The highest BCUT2D eigenvalue weighted by atomic mass is 35.5. The molecule has 0 aliphatic carbocycles. The summed E-state index contributed by atoms with van der Waals surface area (Å²) in [5.74, 6) is 3.64. The van der Waals surface area contributed by atoms with Crippen molar-refractivity contribution in [3.05, 3.63) is 40.0 Å². The van der Waals surface area contributed by atoms with Gasteiger partial charge in [0.1, 0.15) is 0 Å². The van der Waals surface area contributed by atoms with E-state index in [0.717, 1.165) is 5.75 Å². The summed E-state index contributed by atoms with van der Waals surface area (Å²) < 4.78 is 10.7. The number of thioether (sulfide) groups is 1. The molecule has 0 amide bonds. The SMILES string of the molecule is CC(C)c1nc(CSCCOc2c(Cl)cccc2Cl)no1. The first-order valence-electron chi connectivity index (χ1n) is 6.55. The van der Waals surface area contributed by atoms with Crippen LogP contribution in [0.25, 0.3) is 0 Å². The van der Waals surface area contributed by atoms with E-state index in [1.165, 1.54) is 0 Å². The molecule has 0 N–H and O–H groups in total. The minimum absolute atomic E-state index is 0.252. The first-order chi connectivity index (χ1) is 10.1. The molecular formula is C14H16Cl2N2O2S. The van der Waals surface area contributed by atoms with Crippen molar-refractivity contribution in [2.45, 2.75) is 25.5 Å². The molecule has 0 atom stereocenters. The number of para-hydroxylation sites is 1. The van der Waals surface area contributed by atoms with Gasteiger partial charge >= 0.3 is 0 Å². The zero-order valence-corrected chi connectivity index (χ0v) is 14.1. The number of rotatable bonds is 7. The van der Waals surface area contributed by atoms with E-state index in [1.807, 2.05) is 13.8 Å². The van der Waals surface area contributed by atoms with Gasteiger partial charge in [0.15, 0.2) is 11.6 Å². The Morgan fingerprint density at radius 2 is 2.00 bits per heavy atom. The van der Waals surface area contributed by atoms with Gasteiger partial charge in [0.2, 0.25) is 5.89 Å². The summed E-state index contributed by atoms with van der Waals surface area (Å²) >= 11 is 13.7. The molecule has 1 aromatic carbocycles. The molecule has 0 aliphatic rings. The Morgan fingerprint density at radius 1 is 1.29 bits per heavy atom. The van der Waals surface area contributed by atoms with Crippen LogP contribution in [0.4, 0.5) is 0 Å². The van der Waals surface area contributed by atoms with Gasteiger partial charge in [0.25, 0.3) is 0 Å². The molecule has 4 nitrogen and oxygen atoms in total. The molecule has 2 rings (SSSR count). The molecule has 7 heteroatoms. The van der Waals surface area contributed by atoms with Gasteiger partial charge in [0.05, 0.1) is 22.4 Å². The highest BCUT2D eigenvalue weighted by Crippen LogP contribution is 2.32. The first-order valence-corrected chi connectivity index (χ1v) is 8.46. The average Bonchev–Trinajstić information content (AvgIpc) is 2.90. The third-order valence-electron chi connectivity index (χ3n) is 2.60. The minimum atomic E-state index is 0.252. The summed E-state index contributed by atoms with van der Waals surface area (Å²) in [5.41, 5.74) is 0. The second-order valence-electron chi connectivity index (χ2n) is 4.66. The van der Waals surface area contributed by atoms with Crippen LogP contribution in [-0.4, -0.2) is 22.5 Å². The van der Waals surface area contributed by atoms with E-state index in [9.17, 15) is 0 Å². The number of hydrogen-bond acceptors (Lipinski definition) is 5. The fraction of sp³-hybridized carbons (Fsp3) is 0.429. The molecule has 0 saturated carbocycles. The smallest absolute Gasteiger partial charge is 0.229 e. The van der Waals surface area contributed by atoms with E-state index >= 15 is 0 Å². The van der Waals surface area contributed by atoms with Crippen LogP contribution in [0.5, 0.6) is 5.75 Å². The van der Waals surface area contributed by atoms with Gasteiger partial charge in [-0.2, -0.15) is 16.7 Å². The molecule has 1 aromatic heterocycles. The van der Waals surface area contributed by atoms with Crippen molar-refractivity contribution in [1.82, 2.24) is 10.1 Å². The van der Waals surface area contributed by atoms with Crippen molar-refractivity contribution in [2.24, 2.45) is 0 Å². The number of hydrogen-bond donors (Lipinski definition) is 0. The highest BCUT2D eigenvalue weighted by molar-refractivity contribution is 7.98. The third kappa shape index (κ3) is 4.80. The van der Waals surface area contributed by atoms with E-state index in [0.29, 0.717) is 39.9 Å². The lowest BCUT2D eigenvalue weighted by Gasteiger charge is -2.08. The molecule has 0 saturated heterocycles. The lowest BCUT2D eigenvalue weighted by atomic mass is 10.2. The van der Waals surface area contributed by atoms with Crippen LogP contribution in [0, 0.1) is 0 Å². The Balaban J connectivity index is 1.72. The highest BCUT2D eigenvalue weighted by Gasteiger charge is 2.10. The number of aromatic nitrogens is 2. The summed E-state index contributed by atoms with van der Waals surface area (Å²) in [6.45, 7) is 4.56. The normalized spacial score (nSPS) is 11.1. The van der Waals surface area contributed by atoms with Crippen molar-refractivity contribution < 1.29 is 9.26 Å². The maximum absolute atomic E-state index is 6.02. The lowest BCUT2D eigenvalue weighted by molar-refractivity contribution is 0.344. The molecule has 0 fully saturated rings. The van der Waals surface area contributed by atoms with Crippen LogP contribution < -0.4 is 4.74 Å². The van der Waals surface area contributed by atoms with E-state index in [2.05, 4.69) is 10.1 Å². The predicted octanol–water partition coefficient (Wildman–Crippen LogP) is 4.81. The maximum Gasteiger partial charge on any atom is 0.229 e. The Morgan fingerprint density at radius 3 is 2.62 bits per heavy atom. The zero-order valence-electron chi connectivity index (χ0n) is 11.8. The van der Waals surface area contributed by atoms with E-state index in [1.54, 1.807) is 30.0 Å². The van der Waals surface area contributed by atoms with Gasteiger partial charge in [-0.05, 0) is 12.1 Å². The summed E-state index contributed by atoms with van der Waals surface area (Å²) in [5, 5.41) is 4.97. The predicted molar refractivity (Wildman–Crippen MR) is 86.5 cm³/mol. The van der Waals surface area contributed by atoms with Crippen molar-refractivity contribution in [2.75, 3.05) is 12.4 Å². The molecule has 1 heterocycles. The van der Waals surface area contributed by atoms with E-state index in [4.69, 9.17) is 32.5 Å². The van der Waals surface area contributed by atoms with E-state index in [-0.39, 0.29) is 5.92 Å². The summed E-state index contributed by atoms with van der Waals surface area (Å²) in [4.78, 5) is 4.31. The molecule has 21 heavy (non-hydrogen) atoms. The van der Waals surface area contributed by atoms with Gasteiger partial charge < -0.3 is 9.26 Å². The Hall–Kier alpha value is -0.910. The van der Waals surface area contributed by atoms with Gasteiger partial charge in [-0.3, -0.25) is 0 Å². The second kappa shape index (κ2) is 7.92. The standard InChI is InChI=1S/C14H16Cl2N2O2S/c1-9(2)14-17-12(18-20-14)8-21-7-6-19-13-10(15)4-3-5-11(13)16/h3-5,9H,6-8H2,1-2H3. The van der Waals surface area contributed by atoms with E-state index < -0.39 is 0 Å². The van der Waals surface area contributed by atoms with Gasteiger partial charge in [-0.15, -0.1) is 0 Å². The zero-order chi connectivity index (χ0) is 15.2. The minimum Gasteiger partial charge on any atom is -0.490 e. The van der Waals surface area contributed by atoms with Crippen molar-refractivity contribution >= 4 is 35.0 Å². The first kappa shape index (κ1) is 16.5. The average molecular weight is 347 g/mol.